The second kappa shape index (κ2) is 5.16. The number of nitrogens with zero attached hydrogens (tertiary/aromatic N) is 2. The summed E-state index contributed by atoms with van der Waals surface area (Å²) < 4.78 is 0. The molecule has 1 aromatic heterocycles. The van der Waals surface area contributed by atoms with Gasteiger partial charge in [-0.15, -0.1) is 0 Å². The molecular weight excluding hydrogens is 212 g/mol. The molecule has 1 aliphatic rings. The van der Waals surface area contributed by atoms with Gasteiger partial charge in [0.1, 0.15) is 5.70 Å². The van der Waals surface area contributed by atoms with Crippen molar-refractivity contribution in [2.75, 3.05) is 0 Å². The topological polar surface area (TPSA) is 42.3 Å². The molecule has 0 unspecified atom stereocenters. The Labute approximate surface area is 99.9 Å². The third kappa shape index (κ3) is 2.64. The highest BCUT2D eigenvalue weighted by Crippen LogP contribution is 2.20. The van der Waals surface area contributed by atoms with Crippen molar-refractivity contribution in [1.82, 2.24) is 4.98 Å². The lowest BCUT2D eigenvalue weighted by molar-refractivity contribution is -0.104. The molecule has 0 aliphatic heterocycles. The zero-order chi connectivity index (χ0) is 12.1. The van der Waals surface area contributed by atoms with Crippen molar-refractivity contribution in [2.45, 2.75) is 6.42 Å². The molecule has 1 aromatic rings. The molecule has 3 nitrogen and oxygen atoms in total. The average molecular weight is 224 g/mol. The van der Waals surface area contributed by atoms with Gasteiger partial charge in [0, 0.05) is 12.6 Å². The molecule has 0 radical (unpaired) electrons. The monoisotopic (exact) mass is 224 g/mol. The first kappa shape index (κ1) is 11.2. The van der Waals surface area contributed by atoms with Crippen LogP contribution in [-0.2, 0) is 11.2 Å². The first-order valence-corrected chi connectivity index (χ1v) is 5.28. The molecule has 0 saturated heterocycles. The molecular formula is C14H12N2O. The Morgan fingerprint density at radius 2 is 2.35 bits per heavy atom. The predicted molar refractivity (Wildman–Crippen MR) is 68.8 cm³/mol. The van der Waals surface area contributed by atoms with E-state index in [1.54, 1.807) is 12.3 Å². The molecule has 1 heterocycles. The lowest BCUT2D eigenvalue weighted by atomic mass is 9.98. The molecule has 17 heavy (non-hydrogen) atoms. The Balaban J connectivity index is 2.24. The standard InChI is InChI=1S/C14H12N2O/c1-15-13(10-17)7-5-11-4-6-12-3-2-8-16-14(12)9-11/h2-8,10H,1,9H2/b11-5-,13-7-. The van der Waals surface area contributed by atoms with Crippen LogP contribution in [0.1, 0.15) is 11.3 Å². The molecule has 0 fully saturated rings. The summed E-state index contributed by atoms with van der Waals surface area (Å²) in [5.74, 6) is 0. The SMILES string of the molecule is C=N/C(C=O)=C\C=C1\C=Cc2cccnc2C1. The van der Waals surface area contributed by atoms with Crippen LogP contribution in [0.3, 0.4) is 0 Å². The lowest BCUT2D eigenvalue weighted by Crippen LogP contribution is -1.99. The van der Waals surface area contributed by atoms with Crippen LogP contribution in [0.2, 0.25) is 0 Å². The molecule has 0 spiro atoms. The van der Waals surface area contributed by atoms with E-state index < -0.39 is 0 Å². The van der Waals surface area contributed by atoms with Crippen LogP contribution in [0.4, 0.5) is 0 Å². The van der Waals surface area contributed by atoms with Crippen molar-refractivity contribution in [3.05, 3.63) is 59.1 Å². The van der Waals surface area contributed by atoms with Gasteiger partial charge in [-0.25, -0.2) is 0 Å². The highest BCUT2D eigenvalue weighted by atomic mass is 16.1. The van der Waals surface area contributed by atoms with Crippen LogP contribution < -0.4 is 0 Å². The van der Waals surface area contributed by atoms with E-state index in [1.807, 2.05) is 30.4 Å². The van der Waals surface area contributed by atoms with Gasteiger partial charge in [0.15, 0.2) is 6.29 Å². The van der Waals surface area contributed by atoms with Crippen LogP contribution in [-0.4, -0.2) is 18.0 Å². The van der Waals surface area contributed by atoms with Crippen molar-refractivity contribution in [1.29, 1.82) is 0 Å². The normalized spacial score (nSPS) is 16.7. The van der Waals surface area contributed by atoms with Gasteiger partial charge in [-0.3, -0.25) is 14.8 Å². The van der Waals surface area contributed by atoms with Gasteiger partial charge in [-0.2, -0.15) is 0 Å². The Morgan fingerprint density at radius 1 is 1.47 bits per heavy atom. The third-order valence-electron chi connectivity index (χ3n) is 2.55. The van der Waals surface area contributed by atoms with E-state index in [2.05, 4.69) is 16.7 Å². The number of hydrogen-bond acceptors (Lipinski definition) is 3. The summed E-state index contributed by atoms with van der Waals surface area (Å²) in [6.07, 6.45) is 10.8. The predicted octanol–water partition coefficient (Wildman–Crippen LogP) is 2.36. The van der Waals surface area contributed by atoms with Crippen molar-refractivity contribution < 1.29 is 4.79 Å². The Hall–Kier alpha value is -2.29. The van der Waals surface area contributed by atoms with E-state index in [0.29, 0.717) is 12.0 Å². The van der Waals surface area contributed by atoms with Crippen LogP contribution in [0.25, 0.3) is 6.08 Å². The quantitative estimate of drug-likeness (QED) is 0.449. The minimum Gasteiger partial charge on any atom is -0.296 e. The van der Waals surface area contributed by atoms with E-state index in [9.17, 15) is 4.79 Å². The molecule has 0 bridgehead atoms. The van der Waals surface area contributed by atoms with Crippen molar-refractivity contribution in [2.24, 2.45) is 4.99 Å². The van der Waals surface area contributed by atoms with Crippen LogP contribution in [0.5, 0.6) is 0 Å². The van der Waals surface area contributed by atoms with Gasteiger partial charge in [0.2, 0.25) is 0 Å². The maximum atomic E-state index is 10.5. The molecule has 3 heteroatoms. The first-order chi connectivity index (χ1) is 8.33. The maximum absolute atomic E-state index is 10.5. The van der Waals surface area contributed by atoms with Crippen LogP contribution >= 0.6 is 0 Å². The zero-order valence-electron chi connectivity index (χ0n) is 9.34. The molecule has 2 rings (SSSR count). The number of carbonyl (C=O) groups excluding carboxylic acids is 1. The summed E-state index contributed by atoms with van der Waals surface area (Å²) in [5, 5.41) is 0. The highest BCUT2D eigenvalue weighted by molar-refractivity contribution is 5.74. The number of fused-ring (bicyclic) bond motifs is 1. The Morgan fingerprint density at radius 3 is 3.12 bits per heavy atom. The van der Waals surface area contributed by atoms with Crippen LogP contribution in [0, 0.1) is 0 Å². The highest BCUT2D eigenvalue weighted by Gasteiger charge is 2.07. The summed E-state index contributed by atoms with van der Waals surface area (Å²) in [5.41, 5.74) is 3.62. The molecule has 84 valence electrons. The molecule has 0 amide bonds. The molecule has 0 atom stereocenters. The van der Waals surface area contributed by atoms with E-state index in [1.165, 1.54) is 0 Å². The van der Waals surface area contributed by atoms with Gasteiger partial charge in [0.25, 0.3) is 0 Å². The summed E-state index contributed by atoms with van der Waals surface area (Å²) in [6.45, 7) is 3.32. The Bertz CT molecular complexity index is 529. The number of rotatable bonds is 3. The number of allylic oxidation sites excluding steroid dienone is 5. The van der Waals surface area contributed by atoms with Crippen LogP contribution in [0.15, 0.2) is 52.8 Å². The minimum atomic E-state index is 0.331. The van der Waals surface area contributed by atoms with Gasteiger partial charge < -0.3 is 0 Å². The maximum Gasteiger partial charge on any atom is 0.168 e. The summed E-state index contributed by atoms with van der Waals surface area (Å²) in [4.78, 5) is 18.5. The number of aldehydes is 1. The minimum absolute atomic E-state index is 0.331. The number of aliphatic imine (C=N–C) groups is 1. The summed E-state index contributed by atoms with van der Waals surface area (Å²) in [6, 6.07) is 3.96. The molecule has 0 aromatic carbocycles. The number of aromatic nitrogens is 1. The molecule has 1 aliphatic carbocycles. The summed E-state index contributed by atoms with van der Waals surface area (Å²) >= 11 is 0. The smallest absolute Gasteiger partial charge is 0.168 e. The first-order valence-electron chi connectivity index (χ1n) is 5.28. The van der Waals surface area contributed by atoms with E-state index in [0.717, 1.165) is 23.3 Å². The average Bonchev–Trinajstić information content (AvgIpc) is 2.40. The largest absolute Gasteiger partial charge is 0.296 e. The van der Waals surface area contributed by atoms with Gasteiger partial charge >= 0.3 is 0 Å². The summed E-state index contributed by atoms with van der Waals surface area (Å²) in [7, 11) is 0. The number of pyridine rings is 1. The Kier molecular flexibility index (Phi) is 3.40. The third-order valence-corrected chi connectivity index (χ3v) is 2.55. The fourth-order valence-corrected chi connectivity index (χ4v) is 1.64. The van der Waals surface area contributed by atoms with E-state index >= 15 is 0 Å². The zero-order valence-corrected chi connectivity index (χ0v) is 9.34. The van der Waals surface area contributed by atoms with Crippen molar-refractivity contribution in [3.8, 4) is 0 Å². The fourth-order valence-electron chi connectivity index (χ4n) is 1.64. The second-order valence-corrected chi connectivity index (χ2v) is 3.66. The van der Waals surface area contributed by atoms with E-state index in [-0.39, 0.29) is 0 Å². The van der Waals surface area contributed by atoms with Gasteiger partial charge in [0.05, 0.1) is 5.69 Å². The second-order valence-electron chi connectivity index (χ2n) is 3.66. The number of carbonyl (C=O) groups is 1. The lowest BCUT2D eigenvalue weighted by Gasteiger charge is -2.10. The molecule has 0 saturated carbocycles. The number of hydrogen-bond donors (Lipinski definition) is 0. The van der Waals surface area contributed by atoms with Gasteiger partial charge in [-0.1, -0.05) is 24.3 Å². The van der Waals surface area contributed by atoms with Crippen molar-refractivity contribution >= 4 is 19.1 Å². The molecule has 0 N–H and O–H groups in total. The van der Waals surface area contributed by atoms with E-state index in [4.69, 9.17) is 0 Å². The van der Waals surface area contributed by atoms with Gasteiger partial charge in [-0.05, 0) is 30.0 Å². The fraction of sp³-hybridized carbons (Fsp3) is 0.0714. The van der Waals surface area contributed by atoms with Crippen molar-refractivity contribution in [3.63, 3.8) is 0 Å².